The molecule has 1 aromatic rings. The molecule has 4 heteroatoms. The number of hydrogen-bond acceptors (Lipinski definition) is 4. The van der Waals surface area contributed by atoms with Gasteiger partial charge in [-0.3, -0.25) is 4.79 Å². The highest BCUT2D eigenvalue weighted by atomic mass is 16.5. The van der Waals surface area contributed by atoms with Crippen LogP contribution in [-0.4, -0.2) is 25.7 Å². The predicted octanol–water partition coefficient (Wildman–Crippen LogP) is 3.72. The van der Waals surface area contributed by atoms with Crippen LogP contribution in [-0.2, 0) is 26.8 Å². The summed E-state index contributed by atoms with van der Waals surface area (Å²) in [6.07, 6.45) is 0.398. The minimum atomic E-state index is -0.693. The minimum Gasteiger partial charge on any atom is -0.496 e. The summed E-state index contributed by atoms with van der Waals surface area (Å²) in [6, 6.07) is 3.62. The molecule has 0 saturated carbocycles. The number of carbonyl (C=O) groups excluding carboxylic acids is 1. The minimum absolute atomic E-state index is 0.00492. The van der Waals surface area contributed by atoms with Gasteiger partial charge >= 0.3 is 5.97 Å². The fraction of sp³-hybridized carbons (Fsp3) is 0.650. The van der Waals surface area contributed by atoms with Crippen LogP contribution < -0.4 is 10.5 Å². The Balaban J connectivity index is 3.43. The predicted molar refractivity (Wildman–Crippen MR) is 98.7 cm³/mol. The molecule has 2 N–H and O–H groups in total. The number of hydrogen-bond donors (Lipinski definition) is 1. The average molecular weight is 335 g/mol. The van der Waals surface area contributed by atoms with E-state index in [9.17, 15) is 4.79 Å². The molecule has 0 radical (unpaired) electrons. The van der Waals surface area contributed by atoms with Crippen LogP contribution in [0.2, 0.25) is 0 Å². The van der Waals surface area contributed by atoms with E-state index in [0.29, 0.717) is 13.0 Å². The summed E-state index contributed by atoms with van der Waals surface area (Å²) in [5.41, 5.74) is 9.26. The van der Waals surface area contributed by atoms with E-state index in [1.165, 1.54) is 5.56 Å². The van der Waals surface area contributed by atoms with Crippen molar-refractivity contribution in [2.75, 3.05) is 13.7 Å². The van der Waals surface area contributed by atoms with Crippen molar-refractivity contribution in [3.63, 3.8) is 0 Å². The van der Waals surface area contributed by atoms with E-state index < -0.39 is 6.04 Å². The molecule has 1 aromatic carbocycles. The van der Waals surface area contributed by atoms with E-state index in [0.717, 1.165) is 16.9 Å². The molecule has 4 nitrogen and oxygen atoms in total. The van der Waals surface area contributed by atoms with Gasteiger partial charge in [0, 0.05) is 12.0 Å². The zero-order chi connectivity index (χ0) is 18.7. The zero-order valence-electron chi connectivity index (χ0n) is 16.4. The molecule has 0 fully saturated rings. The Morgan fingerprint density at radius 2 is 1.71 bits per heavy atom. The zero-order valence-corrected chi connectivity index (χ0v) is 16.4. The van der Waals surface area contributed by atoms with Crippen molar-refractivity contribution in [2.24, 2.45) is 5.73 Å². The summed E-state index contributed by atoms with van der Waals surface area (Å²) in [5.74, 6) is 0.438. The molecular formula is C20H33NO3. The van der Waals surface area contributed by atoms with E-state index in [4.69, 9.17) is 15.2 Å². The number of carbonyl (C=O) groups is 1. The van der Waals surface area contributed by atoms with Crippen LogP contribution in [0.4, 0.5) is 0 Å². The smallest absolute Gasteiger partial charge is 0.323 e. The van der Waals surface area contributed by atoms with Gasteiger partial charge in [0.25, 0.3) is 0 Å². The third-order valence-electron chi connectivity index (χ3n) is 4.07. The first-order valence-electron chi connectivity index (χ1n) is 8.55. The number of benzene rings is 1. The summed E-state index contributed by atoms with van der Waals surface area (Å²) < 4.78 is 10.7. The van der Waals surface area contributed by atoms with E-state index >= 15 is 0 Å². The van der Waals surface area contributed by atoms with Crippen LogP contribution in [0.25, 0.3) is 0 Å². The van der Waals surface area contributed by atoms with E-state index in [-0.39, 0.29) is 16.8 Å². The van der Waals surface area contributed by atoms with Gasteiger partial charge in [-0.2, -0.15) is 0 Å². The largest absolute Gasteiger partial charge is 0.496 e. The molecule has 24 heavy (non-hydrogen) atoms. The summed E-state index contributed by atoms with van der Waals surface area (Å²) in [4.78, 5) is 11.9. The Bertz CT molecular complexity index is 580. The van der Waals surface area contributed by atoms with Crippen LogP contribution in [0, 0.1) is 0 Å². The maximum atomic E-state index is 11.9. The lowest BCUT2D eigenvalue weighted by molar-refractivity contribution is -0.144. The van der Waals surface area contributed by atoms with Gasteiger partial charge < -0.3 is 15.2 Å². The SMILES string of the molecule is CCOC(=O)C(N)Cc1cc(C(C)(C)C)cc(C(C)(C)C)c1OC. The van der Waals surface area contributed by atoms with Crippen molar-refractivity contribution < 1.29 is 14.3 Å². The molecule has 0 aromatic heterocycles. The third-order valence-corrected chi connectivity index (χ3v) is 4.07. The fourth-order valence-electron chi connectivity index (χ4n) is 2.64. The molecule has 1 rings (SSSR count). The van der Waals surface area contributed by atoms with Crippen molar-refractivity contribution in [1.82, 2.24) is 0 Å². The standard InChI is InChI=1S/C20H33NO3/c1-9-24-18(22)16(21)11-13-10-14(19(2,3)4)12-15(17(13)23-8)20(5,6)7/h10,12,16H,9,11,21H2,1-8H3. The van der Waals surface area contributed by atoms with Crippen LogP contribution in [0.1, 0.15) is 65.2 Å². The van der Waals surface area contributed by atoms with Gasteiger partial charge in [-0.25, -0.2) is 0 Å². The fourth-order valence-corrected chi connectivity index (χ4v) is 2.64. The van der Waals surface area contributed by atoms with Crippen molar-refractivity contribution in [1.29, 1.82) is 0 Å². The van der Waals surface area contributed by atoms with Crippen molar-refractivity contribution in [3.05, 3.63) is 28.8 Å². The summed E-state index contributed by atoms with van der Waals surface area (Å²) in [7, 11) is 1.67. The Labute approximate surface area is 146 Å². The Kier molecular flexibility index (Phi) is 6.45. The maximum absolute atomic E-state index is 11.9. The Hall–Kier alpha value is -1.55. The molecule has 0 amide bonds. The highest BCUT2D eigenvalue weighted by molar-refractivity contribution is 5.76. The van der Waals surface area contributed by atoms with Gasteiger partial charge in [0.1, 0.15) is 11.8 Å². The van der Waals surface area contributed by atoms with Gasteiger partial charge in [-0.1, -0.05) is 53.7 Å². The first-order chi connectivity index (χ1) is 10.9. The molecule has 1 atom stereocenters. The average Bonchev–Trinajstić information content (AvgIpc) is 2.44. The molecule has 0 bridgehead atoms. The number of esters is 1. The van der Waals surface area contributed by atoms with Gasteiger partial charge in [0.05, 0.1) is 13.7 Å². The lowest BCUT2D eigenvalue weighted by atomic mass is 9.78. The summed E-state index contributed by atoms with van der Waals surface area (Å²) in [5, 5.41) is 0. The van der Waals surface area contributed by atoms with Crippen LogP contribution in [0.15, 0.2) is 12.1 Å². The second-order valence-corrected chi connectivity index (χ2v) is 8.28. The molecule has 136 valence electrons. The normalized spacial score (nSPS) is 13.5. The topological polar surface area (TPSA) is 61.5 Å². The second kappa shape index (κ2) is 7.56. The highest BCUT2D eigenvalue weighted by Crippen LogP contribution is 2.38. The lowest BCUT2D eigenvalue weighted by Gasteiger charge is -2.29. The van der Waals surface area contributed by atoms with Crippen LogP contribution in [0.5, 0.6) is 5.75 Å². The number of ether oxygens (including phenoxy) is 2. The number of methoxy groups -OCH3 is 1. The van der Waals surface area contributed by atoms with E-state index in [2.05, 4.69) is 53.7 Å². The lowest BCUT2D eigenvalue weighted by Crippen LogP contribution is -2.34. The number of rotatable bonds is 5. The molecule has 0 aliphatic carbocycles. The first kappa shape index (κ1) is 20.5. The van der Waals surface area contributed by atoms with Crippen molar-refractivity contribution in [3.8, 4) is 5.75 Å². The molecule has 0 aliphatic rings. The Morgan fingerprint density at radius 1 is 1.12 bits per heavy atom. The third kappa shape index (κ3) is 4.97. The number of nitrogens with two attached hydrogens (primary N) is 1. The molecule has 0 spiro atoms. The van der Waals surface area contributed by atoms with Crippen LogP contribution in [0.3, 0.4) is 0 Å². The van der Waals surface area contributed by atoms with Gasteiger partial charge in [0.2, 0.25) is 0 Å². The molecule has 0 heterocycles. The van der Waals surface area contributed by atoms with Gasteiger partial charge in [0.15, 0.2) is 0 Å². The van der Waals surface area contributed by atoms with Gasteiger partial charge in [-0.05, 0) is 28.9 Å². The van der Waals surface area contributed by atoms with Gasteiger partial charge in [-0.15, -0.1) is 0 Å². The Morgan fingerprint density at radius 3 is 2.12 bits per heavy atom. The highest BCUT2D eigenvalue weighted by Gasteiger charge is 2.27. The van der Waals surface area contributed by atoms with Crippen molar-refractivity contribution >= 4 is 5.97 Å². The molecule has 0 aliphatic heterocycles. The van der Waals surface area contributed by atoms with Crippen LogP contribution >= 0.6 is 0 Å². The van der Waals surface area contributed by atoms with E-state index in [1.807, 2.05) is 0 Å². The maximum Gasteiger partial charge on any atom is 0.323 e. The first-order valence-corrected chi connectivity index (χ1v) is 8.55. The summed E-state index contributed by atoms with van der Waals surface area (Å²) >= 11 is 0. The second-order valence-electron chi connectivity index (χ2n) is 8.28. The molecule has 0 saturated heterocycles. The monoisotopic (exact) mass is 335 g/mol. The molecular weight excluding hydrogens is 302 g/mol. The summed E-state index contributed by atoms with van der Waals surface area (Å²) in [6.45, 7) is 15.1. The molecule has 1 unspecified atom stereocenters. The van der Waals surface area contributed by atoms with Crippen molar-refractivity contribution in [2.45, 2.75) is 71.8 Å². The van der Waals surface area contributed by atoms with E-state index in [1.54, 1.807) is 14.0 Å². The quantitative estimate of drug-likeness (QED) is 0.833.